The Morgan fingerprint density at radius 1 is 0.789 bits per heavy atom. The molecular formula is C28H19Cl2NO6S. The van der Waals surface area contributed by atoms with Crippen molar-refractivity contribution in [2.24, 2.45) is 0 Å². The highest BCUT2D eigenvalue weighted by atomic mass is 35.5. The van der Waals surface area contributed by atoms with Gasteiger partial charge in [0.1, 0.15) is 29.5 Å². The minimum absolute atomic E-state index is 0.0756. The molecule has 5 rings (SSSR count). The summed E-state index contributed by atoms with van der Waals surface area (Å²) in [5.41, 5.74) is 0.382. The van der Waals surface area contributed by atoms with Crippen LogP contribution in [-0.2, 0) is 16.6 Å². The summed E-state index contributed by atoms with van der Waals surface area (Å²) < 4.78 is 39.5. The predicted molar refractivity (Wildman–Crippen MR) is 145 cm³/mol. The van der Waals surface area contributed by atoms with Crippen molar-refractivity contribution in [2.45, 2.75) is 11.5 Å². The van der Waals surface area contributed by atoms with Gasteiger partial charge in [-0.1, -0.05) is 47.5 Å². The second kappa shape index (κ2) is 10.4. The maximum absolute atomic E-state index is 13.6. The molecule has 0 saturated carbocycles. The molecule has 10 heteroatoms. The number of carboxylic acids is 1. The Kier molecular flexibility index (Phi) is 7.03. The van der Waals surface area contributed by atoms with Crippen molar-refractivity contribution in [3.8, 4) is 17.2 Å². The van der Waals surface area contributed by atoms with Gasteiger partial charge in [0.05, 0.1) is 10.4 Å². The number of aromatic nitrogens is 1. The van der Waals surface area contributed by atoms with Gasteiger partial charge in [-0.3, -0.25) is 0 Å². The molecule has 0 aliphatic carbocycles. The van der Waals surface area contributed by atoms with E-state index in [0.717, 1.165) is 3.97 Å². The molecule has 0 spiro atoms. The molecule has 0 bridgehead atoms. The summed E-state index contributed by atoms with van der Waals surface area (Å²) in [5, 5.41) is 11.1. The summed E-state index contributed by atoms with van der Waals surface area (Å²) in [5.74, 6) is 0.0374. The summed E-state index contributed by atoms with van der Waals surface area (Å²) in [6, 6.07) is 25.8. The topological polar surface area (TPSA) is 94.8 Å². The number of hydrogen-bond donors (Lipinski definition) is 1. The Balaban J connectivity index is 1.47. The Bertz CT molecular complexity index is 1730. The zero-order valence-electron chi connectivity index (χ0n) is 19.5. The normalized spacial score (nSPS) is 11.4. The zero-order valence-corrected chi connectivity index (χ0v) is 21.9. The van der Waals surface area contributed by atoms with E-state index in [2.05, 4.69) is 0 Å². The molecule has 0 fully saturated rings. The van der Waals surface area contributed by atoms with Crippen molar-refractivity contribution >= 4 is 50.1 Å². The highest BCUT2D eigenvalue weighted by molar-refractivity contribution is 7.90. The molecule has 7 nitrogen and oxygen atoms in total. The first-order chi connectivity index (χ1) is 18.2. The van der Waals surface area contributed by atoms with E-state index >= 15 is 0 Å². The van der Waals surface area contributed by atoms with Gasteiger partial charge < -0.3 is 14.6 Å². The molecule has 1 heterocycles. The van der Waals surface area contributed by atoms with E-state index in [1.54, 1.807) is 42.5 Å². The van der Waals surface area contributed by atoms with Crippen LogP contribution in [0.2, 0.25) is 10.0 Å². The maximum Gasteiger partial charge on any atom is 0.353 e. The van der Waals surface area contributed by atoms with Gasteiger partial charge in [0, 0.05) is 21.0 Å². The highest BCUT2D eigenvalue weighted by Gasteiger charge is 2.26. The molecule has 1 N–H and O–H groups in total. The van der Waals surface area contributed by atoms with Gasteiger partial charge >= 0.3 is 5.97 Å². The number of carbonyl (C=O) groups is 1. The lowest BCUT2D eigenvalue weighted by Gasteiger charge is -2.12. The van der Waals surface area contributed by atoms with Crippen molar-refractivity contribution in [2.75, 3.05) is 0 Å². The van der Waals surface area contributed by atoms with Crippen molar-refractivity contribution in [1.82, 2.24) is 3.97 Å². The number of halogens is 2. The molecule has 0 atom stereocenters. The fourth-order valence-electron chi connectivity index (χ4n) is 3.90. The van der Waals surface area contributed by atoms with Gasteiger partial charge in [0.25, 0.3) is 10.0 Å². The fourth-order valence-corrected chi connectivity index (χ4v) is 5.91. The van der Waals surface area contributed by atoms with Crippen LogP contribution in [0.4, 0.5) is 0 Å². The van der Waals surface area contributed by atoms with Crippen LogP contribution < -0.4 is 9.47 Å². The van der Waals surface area contributed by atoms with E-state index in [1.165, 1.54) is 36.4 Å². The van der Waals surface area contributed by atoms with E-state index in [9.17, 15) is 18.3 Å². The summed E-state index contributed by atoms with van der Waals surface area (Å²) in [6.07, 6.45) is 0. The van der Waals surface area contributed by atoms with Crippen molar-refractivity contribution in [3.05, 3.63) is 118 Å². The van der Waals surface area contributed by atoms with Crippen LogP contribution in [0.5, 0.6) is 17.2 Å². The third-order valence-corrected chi connectivity index (χ3v) is 8.18. The lowest BCUT2D eigenvalue weighted by atomic mass is 10.2. The zero-order chi connectivity index (χ0) is 26.9. The average molecular weight is 568 g/mol. The Labute approximate surface area is 228 Å². The predicted octanol–water partition coefficient (Wildman–Crippen LogP) is 7.25. The number of carboxylic acid groups (broad SMARTS) is 1. The van der Waals surface area contributed by atoms with Crippen LogP contribution in [0, 0.1) is 0 Å². The van der Waals surface area contributed by atoms with E-state index in [1.807, 2.05) is 18.2 Å². The lowest BCUT2D eigenvalue weighted by Crippen LogP contribution is -2.18. The van der Waals surface area contributed by atoms with Gasteiger partial charge in [0.2, 0.25) is 0 Å². The summed E-state index contributed by atoms with van der Waals surface area (Å²) in [7, 11) is -4.26. The van der Waals surface area contributed by atoms with Gasteiger partial charge in [-0.25, -0.2) is 17.2 Å². The first kappa shape index (κ1) is 25.7. The number of para-hydroxylation sites is 1. The maximum atomic E-state index is 13.6. The molecular weight excluding hydrogens is 549 g/mol. The molecule has 5 aromatic rings. The Hall–Kier alpha value is -3.98. The number of fused-ring (bicyclic) bond motifs is 1. The van der Waals surface area contributed by atoms with Gasteiger partial charge in [-0.05, 0) is 72.8 Å². The summed E-state index contributed by atoms with van der Waals surface area (Å²) >= 11 is 12.4. The van der Waals surface area contributed by atoms with Gasteiger partial charge in [-0.2, -0.15) is 0 Å². The lowest BCUT2D eigenvalue weighted by molar-refractivity contribution is 0.0689. The van der Waals surface area contributed by atoms with Gasteiger partial charge in [0.15, 0.2) is 0 Å². The second-order valence-electron chi connectivity index (χ2n) is 8.20. The van der Waals surface area contributed by atoms with Crippen LogP contribution in [0.25, 0.3) is 10.9 Å². The van der Waals surface area contributed by atoms with Crippen LogP contribution in [0.1, 0.15) is 16.1 Å². The smallest absolute Gasteiger partial charge is 0.353 e. The minimum Gasteiger partial charge on any atom is -0.489 e. The van der Waals surface area contributed by atoms with Crippen molar-refractivity contribution in [1.29, 1.82) is 0 Å². The number of benzene rings is 4. The number of hydrogen-bond acceptors (Lipinski definition) is 5. The number of ether oxygens (including phenoxy) is 2. The largest absolute Gasteiger partial charge is 0.489 e. The average Bonchev–Trinajstić information content (AvgIpc) is 3.30. The molecule has 0 aliphatic heterocycles. The molecule has 38 heavy (non-hydrogen) atoms. The van der Waals surface area contributed by atoms with Crippen molar-refractivity contribution < 1.29 is 27.8 Å². The van der Waals surface area contributed by atoms with E-state index in [0.29, 0.717) is 38.2 Å². The van der Waals surface area contributed by atoms with Crippen LogP contribution in [0.3, 0.4) is 0 Å². The SMILES string of the molecule is O=C(O)c1cc2cc(OCc3c(Cl)cccc3Cl)ccc2n1S(=O)(=O)c1ccc(Oc2ccccc2)cc1. The molecule has 0 saturated heterocycles. The Morgan fingerprint density at radius 2 is 1.42 bits per heavy atom. The monoisotopic (exact) mass is 567 g/mol. The molecule has 0 aliphatic rings. The third-order valence-electron chi connectivity index (χ3n) is 5.73. The fraction of sp³-hybridized carbons (Fsp3) is 0.0357. The van der Waals surface area contributed by atoms with Crippen molar-refractivity contribution in [3.63, 3.8) is 0 Å². The quantitative estimate of drug-likeness (QED) is 0.212. The number of rotatable bonds is 8. The first-order valence-corrected chi connectivity index (χ1v) is 13.5. The molecule has 1 aromatic heterocycles. The van der Waals surface area contributed by atoms with E-state index < -0.39 is 21.7 Å². The summed E-state index contributed by atoms with van der Waals surface area (Å²) in [6.45, 7) is 0.0756. The standard InChI is InChI=1S/C28H19Cl2NO6S/c29-24-7-4-8-25(30)23(24)17-36-21-11-14-26-18(15-21)16-27(28(32)33)31(26)38(34,35)22-12-9-20(10-13-22)37-19-5-2-1-3-6-19/h1-16H,17H2,(H,32,33). The first-order valence-electron chi connectivity index (χ1n) is 11.3. The minimum atomic E-state index is -4.26. The third kappa shape index (κ3) is 5.06. The van der Waals surface area contributed by atoms with E-state index in [4.69, 9.17) is 32.7 Å². The number of aromatic carboxylic acids is 1. The van der Waals surface area contributed by atoms with Crippen LogP contribution >= 0.6 is 23.2 Å². The van der Waals surface area contributed by atoms with E-state index in [-0.39, 0.29) is 17.0 Å². The summed E-state index contributed by atoms with van der Waals surface area (Å²) in [4.78, 5) is 11.9. The molecule has 192 valence electrons. The number of nitrogens with zero attached hydrogens (tertiary/aromatic N) is 1. The molecule has 0 amide bonds. The molecule has 0 radical (unpaired) electrons. The second-order valence-corrected chi connectivity index (χ2v) is 10.8. The molecule has 0 unspecified atom stereocenters. The van der Waals surface area contributed by atoms with Crippen LogP contribution in [0.15, 0.2) is 102 Å². The van der Waals surface area contributed by atoms with Gasteiger partial charge in [-0.15, -0.1) is 0 Å². The molecule has 4 aromatic carbocycles. The highest BCUT2D eigenvalue weighted by Crippen LogP contribution is 2.31. The van der Waals surface area contributed by atoms with Crippen LogP contribution in [-0.4, -0.2) is 23.5 Å². The Morgan fingerprint density at radius 3 is 2.08 bits per heavy atom.